The summed E-state index contributed by atoms with van der Waals surface area (Å²) < 4.78 is 0.949. The number of nitrogen functional groups attached to an aromatic ring is 1. The molecule has 0 spiro atoms. The SMILES string of the molecule is CC(C)CCCCNC(=O)c1sc2cc(Cl)ccc2c1N. The van der Waals surface area contributed by atoms with Crippen LogP contribution in [0.15, 0.2) is 18.2 Å². The first-order chi connectivity index (χ1) is 9.99. The molecule has 0 saturated carbocycles. The third-order valence-electron chi connectivity index (χ3n) is 3.39. The van der Waals surface area contributed by atoms with E-state index in [4.69, 9.17) is 17.3 Å². The highest BCUT2D eigenvalue weighted by Crippen LogP contribution is 2.35. The van der Waals surface area contributed by atoms with Crippen LogP contribution in [-0.4, -0.2) is 12.5 Å². The molecule has 114 valence electrons. The van der Waals surface area contributed by atoms with Crippen LogP contribution < -0.4 is 11.1 Å². The first-order valence-corrected chi connectivity index (χ1v) is 8.44. The fraction of sp³-hybridized carbons (Fsp3) is 0.438. The molecule has 0 fully saturated rings. The van der Waals surface area contributed by atoms with Gasteiger partial charge in [0.15, 0.2) is 0 Å². The van der Waals surface area contributed by atoms with Gasteiger partial charge in [-0.05, 0) is 30.5 Å². The van der Waals surface area contributed by atoms with Crippen LogP contribution in [0.5, 0.6) is 0 Å². The van der Waals surface area contributed by atoms with Crippen LogP contribution in [-0.2, 0) is 0 Å². The summed E-state index contributed by atoms with van der Waals surface area (Å²) in [5.41, 5.74) is 6.61. The zero-order valence-corrected chi connectivity index (χ0v) is 14.0. The van der Waals surface area contributed by atoms with Crippen molar-refractivity contribution in [3.63, 3.8) is 0 Å². The highest BCUT2D eigenvalue weighted by Gasteiger charge is 2.16. The van der Waals surface area contributed by atoms with Gasteiger partial charge in [-0.25, -0.2) is 0 Å². The van der Waals surface area contributed by atoms with Gasteiger partial charge in [-0.15, -0.1) is 11.3 Å². The molecule has 0 aliphatic heterocycles. The Morgan fingerprint density at radius 3 is 2.86 bits per heavy atom. The van der Waals surface area contributed by atoms with Gasteiger partial charge in [0.2, 0.25) is 0 Å². The van der Waals surface area contributed by atoms with Crippen molar-refractivity contribution < 1.29 is 4.79 Å². The number of benzene rings is 1. The molecule has 0 bridgehead atoms. The summed E-state index contributed by atoms with van der Waals surface area (Å²) in [7, 11) is 0. The third kappa shape index (κ3) is 4.11. The van der Waals surface area contributed by atoms with Crippen molar-refractivity contribution in [2.75, 3.05) is 12.3 Å². The second kappa shape index (κ2) is 7.14. The Bertz CT molecular complexity index is 636. The van der Waals surface area contributed by atoms with E-state index in [0.29, 0.717) is 28.0 Å². The number of nitrogens with one attached hydrogen (secondary N) is 1. The second-order valence-electron chi connectivity index (χ2n) is 5.63. The summed E-state index contributed by atoms with van der Waals surface area (Å²) in [6.07, 6.45) is 3.33. The molecule has 0 saturated heterocycles. The molecule has 2 aromatic rings. The van der Waals surface area contributed by atoms with Gasteiger partial charge in [-0.1, -0.05) is 38.3 Å². The lowest BCUT2D eigenvalue weighted by Crippen LogP contribution is -2.24. The van der Waals surface area contributed by atoms with Gasteiger partial charge in [0, 0.05) is 21.7 Å². The Hall–Kier alpha value is -1.26. The van der Waals surface area contributed by atoms with Gasteiger partial charge < -0.3 is 11.1 Å². The number of hydrogen-bond acceptors (Lipinski definition) is 3. The Balaban J connectivity index is 1.98. The van der Waals surface area contributed by atoms with E-state index >= 15 is 0 Å². The molecule has 3 N–H and O–H groups in total. The number of carbonyl (C=O) groups excluding carboxylic acids is 1. The van der Waals surface area contributed by atoms with Gasteiger partial charge in [-0.2, -0.15) is 0 Å². The Morgan fingerprint density at radius 2 is 2.14 bits per heavy atom. The Labute approximate surface area is 134 Å². The van der Waals surface area contributed by atoms with Crippen LogP contribution in [0.1, 0.15) is 42.8 Å². The zero-order chi connectivity index (χ0) is 15.4. The van der Waals surface area contributed by atoms with Crippen LogP contribution in [0.4, 0.5) is 5.69 Å². The molecule has 2 rings (SSSR count). The van der Waals surface area contributed by atoms with Crippen molar-refractivity contribution in [1.82, 2.24) is 5.32 Å². The summed E-state index contributed by atoms with van der Waals surface area (Å²) in [6, 6.07) is 5.50. The maximum absolute atomic E-state index is 12.2. The first-order valence-electron chi connectivity index (χ1n) is 7.24. The maximum atomic E-state index is 12.2. The summed E-state index contributed by atoms with van der Waals surface area (Å²) in [4.78, 5) is 12.8. The van der Waals surface area contributed by atoms with Gasteiger partial charge >= 0.3 is 0 Å². The largest absolute Gasteiger partial charge is 0.397 e. The number of halogens is 1. The average molecular weight is 325 g/mol. The van der Waals surface area contributed by atoms with Crippen molar-refractivity contribution >= 4 is 44.6 Å². The van der Waals surface area contributed by atoms with Crippen molar-refractivity contribution in [1.29, 1.82) is 0 Å². The van der Waals surface area contributed by atoms with E-state index in [1.807, 2.05) is 12.1 Å². The van der Waals surface area contributed by atoms with E-state index in [1.54, 1.807) is 6.07 Å². The molecular formula is C16H21ClN2OS. The number of anilines is 1. The van der Waals surface area contributed by atoms with E-state index in [9.17, 15) is 4.79 Å². The van der Waals surface area contributed by atoms with Gasteiger partial charge in [-0.3, -0.25) is 4.79 Å². The number of nitrogens with two attached hydrogens (primary N) is 1. The van der Waals surface area contributed by atoms with Crippen molar-refractivity contribution in [3.8, 4) is 0 Å². The highest BCUT2D eigenvalue weighted by molar-refractivity contribution is 7.21. The average Bonchev–Trinajstić information content (AvgIpc) is 2.74. The number of unbranched alkanes of at least 4 members (excludes halogenated alkanes) is 1. The monoisotopic (exact) mass is 324 g/mol. The van der Waals surface area contributed by atoms with Crippen LogP contribution in [0.3, 0.4) is 0 Å². The normalized spacial score (nSPS) is 11.2. The predicted octanol–water partition coefficient (Wildman–Crippen LogP) is 4.69. The first kappa shape index (κ1) is 16.1. The molecule has 1 heterocycles. The minimum atomic E-state index is -0.0885. The van der Waals surface area contributed by atoms with Gasteiger partial charge in [0.1, 0.15) is 4.88 Å². The number of amides is 1. The molecule has 3 nitrogen and oxygen atoms in total. The van der Waals surface area contributed by atoms with E-state index in [2.05, 4.69) is 19.2 Å². The zero-order valence-electron chi connectivity index (χ0n) is 12.4. The van der Waals surface area contributed by atoms with Crippen molar-refractivity contribution in [2.45, 2.75) is 33.1 Å². The Morgan fingerprint density at radius 1 is 1.38 bits per heavy atom. The number of thiophene rings is 1. The number of carbonyl (C=O) groups is 1. The number of fused-ring (bicyclic) bond motifs is 1. The van der Waals surface area contributed by atoms with Crippen LogP contribution in [0.2, 0.25) is 5.02 Å². The minimum Gasteiger partial charge on any atom is -0.397 e. The Kier molecular flexibility index (Phi) is 5.48. The molecule has 0 unspecified atom stereocenters. The third-order valence-corrected chi connectivity index (χ3v) is 4.79. The van der Waals surface area contributed by atoms with Crippen LogP contribution in [0, 0.1) is 5.92 Å². The topological polar surface area (TPSA) is 55.1 Å². The maximum Gasteiger partial charge on any atom is 0.263 e. The molecule has 5 heteroatoms. The summed E-state index contributed by atoms with van der Waals surface area (Å²) in [5, 5.41) is 4.50. The van der Waals surface area contributed by atoms with Gasteiger partial charge in [0.25, 0.3) is 5.91 Å². The quantitative estimate of drug-likeness (QED) is 0.757. The van der Waals surface area contributed by atoms with Crippen LogP contribution >= 0.6 is 22.9 Å². The molecule has 0 aliphatic rings. The summed E-state index contributed by atoms with van der Waals surface area (Å²) in [6.45, 7) is 5.11. The summed E-state index contributed by atoms with van der Waals surface area (Å²) in [5.74, 6) is 0.623. The molecule has 0 atom stereocenters. The molecular weight excluding hydrogens is 304 g/mol. The van der Waals surface area contributed by atoms with E-state index < -0.39 is 0 Å². The lowest BCUT2D eigenvalue weighted by atomic mass is 10.1. The molecule has 1 aromatic carbocycles. The molecule has 1 amide bonds. The number of rotatable bonds is 6. The summed E-state index contributed by atoms with van der Waals surface area (Å²) >= 11 is 7.36. The fourth-order valence-electron chi connectivity index (χ4n) is 2.22. The minimum absolute atomic E-state index is 0.0885. The lowest BCUT2D eigenvalue weighted by molar-refractivity contribution is 0.0958. The molecule has 0 radical (unpaired) electrons. The highest BCUT2D eigenvalue weighted by atomic mass is 35.5. The fourth-order valence-corrected chi connectivity index (χ4v) is 3.53. The smallest absolute Gasteiger partial charge is 0.263 e. The lowest BCUT2D eigenvalue weighted by Gasteiger charge is -2.06. The molecule has 0 aliphatic carbocycles. The van der Waals surface area contributed by atoms with Crippen molar-refractivity contribution in [3.05, 3.63) is 28.1 Å². The predicted molar refractivity (Wildman–Crippen MR) is 92.3 cm³/mol. The standard InChI is InChI=1S/C16H21ClN2OS/c1-10(2)5-3-4-8-19-16(20)15-14(18)12-7-6-11(17)9-13(12)21-15/h6-7,9-10H,3-5,8,18H2,1-2H3,(H,19,20). The number of hydrogen-bond donors (Lipinski definition) is 2. The van der Waals surface area contributed by atoms with Crippen molar-refractivity contribution in [2.24, 2.45) is 5.92 Å². The van der Waals surface area contributed by atoms with E-state index in [0.717, 1.165) is 22.9 Å². The van der Waals surface area contributed by atoms with E-state index in [-0.39, 0.29) is 5.91 Å². The van der Waals surface area contributed by atoms with E-state index in [1.165, 1.54) is 17.8 Å². The molecule has 1 aromatic heterocycles. The van der Waals surface area contributed by atoms with Crippen LogP contribution in [0.25, 0.3) is 10.1 Å². The molecule has 21 heavy (non-hydrogen) atoms. The second-order valence-corrected chi connectivity index (χ2v) is 7.12. The van der Waals surface area contributed by atoms with Gasteiger partial charge in [0.05, 0.1) is 5.69 Å².